The minimum absolute atomic E-state index is 0.0164. The average Bonchev–Trinajstić information content (AvgIpc) is 2.81. The number of ether oxygens (including phenoxy) is 2. The molecular weight excluding hydrogens is 468 g/mol. The van der Waals surface area contributed by atoms with Gasteiger partial charge in [-0.15, -0.1) is 0 Å². The first-order valence-electron chi connectivity index (χ1n) is 9.66. The lowest BCUT2D eigenvalue weighted by molar-refractivity contribution is 0.0600. The molecule has 3 aromatic rings. The number of carbonyl (C=O) groups excluding carboxylic acids is 2. The van der Waals surface area contributed by atoms with Gasteiger partial charge in [-0.05, 0) is 48.0 Å². The zero-order chi connectivity index (χ0) is 24.0. The zero-order valence-electron chi connectivity index (χ0n) is 17.8. The Kier molecular flexibility index (Phi) is 7.57. The maximum absolute atomic E-state index is 12.8. The second-order valence-electron chi connectivity index (χ2n) is 6.83. The minimum Gasteiger partial charge on any atom is -0.496 e. The molecule has 3 rings (SSSR count). The summed E-state index contributed by atoms with van der Waals surface area (Å²) in [7, 11) is -1.36. The summed E-state index contributed by atoms with van der Waals surface area (Å²) >= 11 is 6.03. The van der Waals surface area contributed by atoms with Crippen LogP contribution in [-0.4, -0.2) is 34.5 Å². The molecule has 0 aliphatic heterocycles. The molecule has 0 unspecified atom stereocenters. The van der Waals surface area contributed by atoms with Crippen molar-refractivity contribution in [3.05, 3.63) is 88.4 Å². The highest BCUT2D eigenvalue weighted by Crippen LogP contribution is 2.25. The van der Waals surface area contributed by atoms with Crippen molar-refractivity contribution in [1.29, 1.82) is 0 Å². The van der Waals surface area contributed by atoms with Gasteiger partial charge in [0, 0.05) is 6.54 Å². The van der Waals surface area contributed by atoms with Crippen LogP contribution in [0.2, 0.25) is 5.02 Å². The van der Waals surface area contributed by atoms with E-state index in [0.29, 0.717) is 16.9 Å². The van der Waals surface area contributed by atoms with Gasteiger partial charge in [0.15, 0.2) is 0 Å². The topological polar surface area (TPSA) is 111 Å². The molecule has 0 aliphatic carbocycles. The molecule has 0 saturated carbocycles. The van der Waals surface area contributed by atoms with Crippen molar-refractivity contribution in [3.63, 3.8) is 0 Å². The summed E-state index contributed by atoms with van der Waals surface area (Å²) in [6, 6.07) is 17.0. The molecule has 0 heterocycles. The van der Waals surface area contributed by atoms with E-state index in [1.807, 2.05) is 0 Å². The summed E-state index contributed by atoms with van der Waals surface area (Å²) in [6.07, 6.45) is 0. The predicted molar refractivity (Wildman–Crippen MR) is 124 cm³/mol. The van der Waals surface area contributed by atoms with Crippen LogP contribution in [0.1, 0.15) is 26.3 Å². The normalized spacial score (nSPS) is 10.9. The summed E-state index contributed by atoms with van der Waals surface area (Å²) in [5, 5.41) is 2.79. The second-order valence-corrected chi connectivity index (χ2v) is 8.89. The van der Waals surface area contributed by atoms with Gasteiger partial charge in [0.2, 0.25) is 0 Å². The molecule has 0 bridgehead atoms. The molecule has 0 aliphatic rings. The number of nitrogens with one attached hydrogen (secondary N) is 2. The van der Waals surface area contributed by atoms with E-state index >= 15 is 0 Å². The number of halogens is 1. The fourth-order valence-electron chi connectivity index (χ4n) is 3.07. The Bertz CT molecular complexity index is 1290. The number of esters is 1. The lowest BCUT2D eigenvalue weighted by Gasteiger charge is -2.13. The quantitative estimate of drug-likeness (QED) is 0.466. The first kappa shape index (κ1) is 24.1. The number of carbonyl (C=O) groups is 2. The van der Waals surface area contributed by atoms with Gasteiger partial charge in [-0.1, -0.05) is 35.9 Å². The summed E-state index contributed by atoms with van der Waals surface area (Å²) in [5.74, 6) is -0.647. The van der Waals surface area contributed by atoms with Gasteiger partial charge in [0.05, 0.1) is 36.1 Å². The van der Waals surface area contributed by atoms with E-state index in [2.05, 4.69) is 10.0 Å². The number of anilines is 1. The fraction of sp³-hybridized carbons (Fsp3) is 0.130. The minimum atomic E-state index is -4.03. The Morgan fingerprint density at radius 2 is 1.67 bits per heavy atom. The highest BCUT2D eigenvalue weighted by molar-refractivity contribution is 7.92. The lowest BCUT2D eigenvalue weighted by Crippen LogP contribution is -2.23. The summed E-state index contributed by atoms with van der Waals surface area (Å²) in [5.41, 5.74) is 1.03. The predicted octanol–water partition coefficient (Wildman–Crippen LogP) is 3.87. The zero-order valence-corrected chi connectivity index (χ0v) is 19.4. The number of amides is 1. The van der Waals surface area contributed by atoms with E-state index in [9.17, 15) is 18.0 Å². The van der Waals surface area contributed by atoms with Crippen LogP contribution in [-0.2, 0) is 21.3 Å². The first-order valence-corrected chi connectivity index (χ1v) is 11.5. The Morgan fingerprint density at radius 1 is 0.970 bits per heavy atom. The van der Waals surface area contributed by atoms with E-state index in [1.165, 1.54) is 44.6 Å². The second kappa shape index (κ2) is 10.4. The molecule has 3 aromatic carbocycles. The van der Waals surface area contributed by atoms with E-state index in [0.717, 1.165) is 0 Å². The summed E-state index contributed by atoms with van der Waals surface area (Å²) < 4.78 is 38.0. The van der Waals surface area contributed by atoms with Crippen LogP contribution in [0, 0.1) is 0 Å². The van der Waals surface area contributed by atoms with E-state index in [-0.39, 0.29) is 27.7 Å². The lowest BCUT2D eigenvalue weighted by atomic mass is 10.1. The molecule has 2 N–H and O–H groups in total. The van der Waals surface area contributed by atoms with Gasteiger partial charge >= 0.3 is 5.97 Å². The van der Waals surface area contributed by atoms with E-state index in [4.69, 9.17) is 21.1 Å². The molecule has 10 heteroatoms. The maximum atomic E-state index is 12.8. The number of methoxy groups -OCH3 is 2. The van der Waals surface area contributed by atoms with Crippen molar-refractivity contribution in [2.24, 2.45) is 0 Å². The number of hydrogen-bond donors (Lipinski definition) is 2. The monoisotopic (exact) mass is 488 g/mol. The Labute approximate surface area is 196 Å². The summed E-state index contributed by atoms with van der Waals surface area (Å²) in [4.78, 5) is 24.6. The van der Waals surface area contributed by atoms with Gasteiger partial charge in [0.1, 0.15) is 10.6 Å². The van der Waals surface area contributed by atoms with Crippen LogP contribution in [0.3, 0.4) is 0 Å². The molecule has 0 saturated heterocycles. The standard InChI is InChI=1S/C23H21ClN2O6S/c1-31-20-9-5-3-7-18(20)22(27)25-14-15-11-16(23(28)32-2)13-17(12-15)26-33(29,30)21-10-6-4-8-19(21)24/h3-13,26H,14H2,1-2H3,(H,25,27). The van der Waals surface area contributed by atoms with Gasteiger partial charge in [-0.2, -0.15) is 0 Å². The van der Waals surface area contributed by atoms with Crippen LogP contribution in [0.5, 0.6) is 5.75 Å². The Balaban J connectivity index is 1.88. The van der Waals surface area contributed by atoms with Crippen molar-refractivity contribution in [2.75, 3.05) is 18.9 Å². The molecule has 1 amide bonds. The van der Waals surface area contributed by atoms with Crippen molar-refractivity contribution in [3.8, 4) is 5.75 Å². The van der Waals surface area contributed by atoms with Crippen molar-refractivity contribution >= 4 is 39.2 Å². The smallest absolute Gasteiger partial charge is 0.337 e. The highest BCUT2D eigenvalue weighted by Gasteiger charge is 2.19. The molecular formula is C23H21ClN2O6S. The molecule has 0 radical (unpaired) electrons. The third-order valence-corrected chi connectivity index (χ3v) is 6.48. The van der Waals surface area contributed by atoms with Crippen LogP contribution in [0.4, 0.5) is 5.69 Å². The number of benzene rings is 3. The molecule has 0 atom stereocenters. The van der Waals surface area contributed by atoms with Gasteiger partial charge in [-0.3, -0.25) is 9.52 Å². The first-order chi connectivity index (χ1) is 15.7. The molecule has 8 nitrogen and oxygen atoms in total. The molecule has 33 heavy (non-hydrogen) atoms. The third kappa shape index (κ3) is 5.82. The van der Waals surface area contributed by atoms with Crippen LogP contribution in [0.25, 0.3) is 0 Å². The van der Waals surface area contributed by atoms with E-state index in [1.54, 1.807) is 36.4 Å². The molecule has 0 fully saturated rings. The van der Waals surface area contributed by atoms with Crippen molar-refractivity contribution < 1.29 is 27.5 Å². The Morgan fingerprint density at radius 3 is 2.36 bits per heavy atom. The number of rotatable bonds is 8. The summed E-state index contributed by atoms with van der Waals surface area (Å²) in [6.45, 7) is 0.0164. The fourth-order valence-corrected chi connectivity index (χ4v) is 4.63. The van der Waals surface area contributed by atoms with Gasteiger partial charge in [0.25, 0.3) is 15.9 Å². The molecule has 0 spiro atoms. The number of hydrogen-bond acceptors (Lipinski definition) is 6. The van der Waals surface area contributed by atoms with E-state index < -0.39 is 21.9 Å². The van der Waals surface area contributed by atoms with Gasteiger partial charge in [-0.25, -0.2) is 13.2 Å². The van der Waals surface area contributed by atoms with Gasteiger partial charge < -0.3 is 14.8 Å². The number of sulfonamides is 1. The van der Waals surface area contributed by atoms with Crippen molar-refractivity contribution in [2.45, 2.75) is 11.4 Å². The highest BCUT2D eigenvalue weighted by atomic mass is 35.5. The SMILES string of the molecule is COC(=O)c1cc(CNC(=O)c2ccccc2OC)cc(NS(=O)(=O)c2ccccc2Cl)c1. The number of para-hydroxylation sites is 1. The van der Waals surface area contributed by atoms with Crippen LogP contribution in [0.15, 0.2) is 71.6 Å². The maximum Gasteiger partial charge on any atom is 0.337 e. The average molecular weight is 489 g/mol. The molecule has 0 aromatic heterocycles. The van der Waals surface area contributed by atoms with Crippen LogP contribution < -0.4 is 14.8 Å². The largest absolute Gasteiger partial charge is 0.496 e. The van der Waals surface area contributed by atoms with Crippen LogP contribution >= 0.6 is 11.6 Å². The van der Waals surface area contributed by atoms with Crippen molar-refractivity contribution in [1.82, 2.24) is 5.32 Å². The Hall–Kier alpha value is -3.56. The third-order valence-electron chi connectivity index (χ3n) is 4.60. The molecule has 172 valence electrons.